The number of nitrogen functional groups attached to an aromatic ring is 1. The first-order valence-electron chi connectivity index (χ1n) is 5.60. The average Bonchev–Trinajstić information content (AvgIpc) is 2.25. The zero-order valence-corrected chi connectivity index (χ0v) is 9.79. The van der Waals surface area contributed by atoms with Crippen LogP contribution in [0.25, 0.3) is 0 Å². The molecule has 0 saturated carbocycles. The van der Waals surface area contributed by atoms with Crippen LogP contribution in [-0.2, 0) is 0 Å². The third-order valence-electron chi connectivity index (χ3n) is 2.42. The van der Waals surface area contributed by atoms with Crippen molar-refractivity contribution in [2.45, 2.75) is 32.3 Å². The predicted molar refractivity (Wildman–Crippen MR) is 65.2 cm³/mol. The molecule has 0 fully saturated rings. The van der Waals surface area contributed by atoms with Crippen molar-refractivity contribution in [3.8, 4) is 0 Å². The summed E-state index contributed by atoms with van der Waals surface area (Å²) in [5.74, 6) is 0. The van der Waals surface area contributed by atoms with E-state index >= 15 is 0 Å². The Morgan fingerprint density at radius 2 is 2.12 bits per heavy atom. The SMILES string of the molecule is CC(O)CCCNc1ccc(N)cc1C(F)F. The molecule has 0 amide bonds. The quantitative estimate of drug-likeness (QED) is 0.532. The molecule has 1 atom stereocenters. The lowest BCUT2D eigenvalue weighted by Crippen LogP contribution is -2.08. The van der Waals surface area contributed by atoms with E-state index in [2.05, 4.69) is 5.32 Å². The minimum absolute atomic E-state index is 0.0814. The highest BCUT2D eigenvalue weighted by Crippen LogP contribution is 2.28. The molecule has 4 N–H and O–H groups in total. The molecule has 0 heterocycles. The normalized spacial score (nSPS) is 12.8. The number of nitrogens with one attached hydrogen (secondary N) is 1. The molecule has 0 spiro atoms. The fraction of sp³-hybridized carbons (Fsp3) is 0.500. The van der Waals surface area contributed by atoms with Crippen LogP contribution in [0, 0.1) is 0 Å². The molecule has 17 heavy (non-hydrogen) atoms. The Hall–Kier alpha value is -1.36. The maximum Gasteiger partial charge on any atom is 0.265 e. The zero-order chi connectivity index (χ0) is 12.8. The van der Waals surface area contributed by atoms with Gasteiger partial charge in [-0.1, -0.05) is 0 Å². The number of rotatable bonds is 6. The van der Waals surface area contributed by atoms with Gasteiger partial charge in [0.2, 0.25) is 0 Å². The minimum Gasteiger partial charge on any atom is -0.399 e. The van der Waals surface area contributed by atoms with Gasteiger partial charge in [-0.05, 0) is 38.0 Å². The summed E-state index contributed by atoms with van der Waals surface area (Å²) < 4.78 is 25.4. The molecule has 0 aliphatic carbocycles. The molecule has 1 aromatic rings. The number of aliphatic hydroxyl groups excluding tert-OH is 1. The summed E-state index contributed by atoms with van der Waals surface area (Å²) in [5.41, 5.74) is 6.12. The third kappa shape index (κ3) is 4.56. The van der Waals surface area contributed by atoms with Gasteiger partial charge in [-0.25, -0.2) is 8.78 Å². The topological polar surface area (TPSA) is 58.3 Å². The van der Waals surface area contributed by atoms with Gasteiger partial charge >= 0.3 is 0 Å². The summed E-state index contributed by atoms with van der Waals surface area (Å²) in [6, 6.07) is 4.42. The van der Waals surface area contributed by atoms with E-state index in [9.17, 15) is 8.78 Å². The van der Waals surface area contributed by atoms with Crippen molar-refractivity contribution in [1.29, 1.82) is 0 Å². The van der Waals surface area contributed by atoms with Crippen molar-refractivity contribution in [2.75, 3.05) is 17.6 Å². The predicted octanol–water partition coefficient (Wildman–Crippen LogP) is 2.78. The monoisotopic (exact) mass is 244 g/mol. The number of nitrogens with two attached hydrogens (primary N) is 1. The van der Waals surface area contributed by atoms with Gasteiger partial charge in [0.05, 0.1) is 6.10 Å². The lowest BCUT2D eigenvalue weighted by molar-refractivity contribution is 0.152. The van der Waals surface area contributed by atoms with Gasteiger partial charge in [-0.2, -0.15) is 0 Å². The van der Waals surface area contributed by atoms with E-state index in [1.807, 2.05) is 0 Å². The molecule has 0 saturated heterocycles. The maximum atomic E-state index is 12.7. The number of halogens is 2. The van der Waals surface area contributed by atoms with Crippen LogP contribution in [0.4, 0.5) is 20.2 Å². The van der Waals surface area contributed by atoms with Crippen LogP contribution in [0.2, 0.25) is 0 Å². The largest absolute Gasteiger partial charge is 0.399 e. The summed E-state index contributed by atoms with van der Waals surface area (Å²) in [6.45, 7) is 2.25. The van der Waals surface area contributed by atoms with E-state index in [1.165, 1.54) is 6.07 Å². The summed E-state index contributed by atoms with van der Waals surface area (Å²) in [5, 5.41) is 12.0. The highest BCUT2D eigenvalue weighted by atomic mass is 19.3. The second-order valence-corrected chi connectivity index (χ2v) is 4.07. The van der Waals surface area contributed by atoms with E-state index in [0.29, 0.717) is 24.3 Å². The number of alkyl halides is 2. The Morgan fingerprint density at radius 1 is 1.41 bits per heavy atom. The molecular weight excluding hydrogens is 226 g/mol. The summed E-state index contributed by atoms with van der Waals surface area (Å²) in [7, 11) is 0. The molecule has 1 aromatic carbocycles. The van der Waals surface area contributed by atoms with Gasteiger partial charge in [0.25, 0.3) is 6.43 Å². The van der Waals surface area contributed by atoms with Crippen molar-refractivity contribution in [3.05, 3.63) is 23.8 Å². The van der Waals surface area contributed by atoms with E-state index in [1.54, 1.807) is 19.1 Å². The zero-order valence-electron chi connectivity index (χ0n) is 9.79. The highest BCUT2D eigenvalue weighted by Gasteiger charge is 2.12. The van der Waals surface area contributed by atoms with Crippen LogP contribution < -0.4 is 11.1 Å². The fourth-order valence-corrected chi connectivity index (χ4v) is 1.54. The van der Waals surface area contributed by atoms with Crippen LogP contribution in [0.15, 0.2) is 18.2 Å². The van der Waals surface area contributed by atoms with Crippen LogP contribution >= 0.6 is 0 Å². The van der Waals surface area contributed by atoms with Crippen LogP contribution in [0.5, 0.6) is 0 Å². The van der Waals surface area contributed by atoms with Crippen molar-refractivity contribution >= 4 is 11.4 Å². The second kappa shape index (κ2) is 6.39. The average molecular weight is 244 g/mol. The fourth-order valence-electron chi connectivity index (χ4n) is 1.54. The Kier molecular flexibility index (Phi) is 5.15. The standard InChI is InChI=1S/C12H18F2N2O/c1-8(17)3-2-6-16-11-5-4-9(15)7-10(11)12(13)14/h4-5,7-8,12,16-17H,2-3,6,15H2,1H3. The molecule has 0 aliphatic heterocycles. The van der Waals surface area contributed by atoms with Crippen molar-refractivity contribution < 1.29 is 13.9 Å². The lowest BCUT2D eigenvalue weighted by atomic mass is 10.1. The summed E-state index contributed by atoms with van der Waals surface area (Å²) >= 11 is 0. The van der Waals surface area contributed by atoms with Crippen LogP contribution in [-0.4, -0.2) is 17.8 Å². The molecule has 1 rings (SSSR count). The van der Waals surface area contributed by atoms with Gasteiger partial charge in [-0.3, -0.25) is 0 Å². The molecule has 5 heteroatoms. The van der Waals surface area contributed by atoms with Crippen molar-refractivity contribution in [1.82, 2.24) is 0 Å². The summed E-state index contributed by atoms with van der Waals surface area (Å²) in [6.07, 6.45) is -1.54. The van der Waals surface area contributed by atoms with Gasteiger partial charge in [0, 0.05) is 23.5 Å². The number of hydrogen-bond acceptors (Lipinski definition) is 3. The maximum absolute atomic E-state index is 12.7. The van der Waals surface area contributed by atoms with Crippen LogP contribution in [0.3, 0.4) is 0 Å². The Labute approximate surface area is 99.6 Å². The smallest absolute Gasteiger partial charge is 0.265 e. The first kappa shape index (κ1) is 13.7. The second-order valence-electron chi connectivity index (χ2n) is 4.07. The van der Waals surface area contributed by atoms with E-state index in [-0.39, 0.29) is 11.7 Å². The molecule has 1 unspecified atom stereocenters. The number of anilines is 2. The van der Waals surface area contributed by atoms with Gasteiger partial charge < -0.3 is 16.2 Å². The molecule has 96 valence electrons. The van der Waals surface area contributed by atoms with E-state index < -0.39 is 6.43 Å². The number of hydrogen-bond donors (Lipinski definition) is 3. The van der Waals surface area contributed by atoms with E-state index in [4.69, 9.17) is 10.8 Å². The van der Waals surface area contributed by atoms with Crippen molar-refractivity contribution in [3.63, 3.8) is 0 Å². The molecule has 0 aromatic heterocycles. The summed E-state index contributed by atoms with van der Waals surface area (Å²) in [4.78, 5) is 0. The van der Waals surface area contributed by atoms with Crippen LogP contribution in [0.1, 0.15) is 31.8 Å². The van der Waals surface area contributed by atoms with E-state index in [0.717, 1.165) is 6.42 Å². The first-order chi connectivity index (χ1) is 8.00. The molecule has 0 aliphatic rings. The van der Waals surface area contributed by atoms with Gasteiger partial charge in [-0.15, -0.1) is 0 Å². The van der Waals surface area contributed by atoms with Gasteiger partial charge in [0.1, 0.15) is 0 Å². The molecule has 0 bridgehead atoms. The Balaban J connectivity index is 2.58. The molecular formula is C12H18F2N2O. The number of aliphatic hydroxyl groups is 1. The molecule has 0 radical (unpaired) electrons. The number of benzene rings is 1. The molecule has 3 nitrogen and oxygen atoms in total. The lowest BCUT2D eigenvalue weighted by Gasteiger charge is -2.12. The minimum atomic E-state index is -2.54. The van der Waals surface area contributed by atoms with Crippen molar-refractivity contribution in [2.24, 2.45) is 0 Å². The first-order valence-corrected chi connectivity index (χ1v) is 5.60. The Morgan fingerprint density at radius 3 is 2.71 bits per heavy atom. The third-order valence-corrected chi connectivity index (χ3v) is 2.42. The Bertz CT molecular complexity index is 356. The van der Waals surface area contributed by atoms with Gasteiger partial charge in [0.15, 0.2) is 0 Å². The highest BCUT2D eigenvalue weighted by molar-refractivity contribution is 5.58.